The van der Waals surface area contributed by atoms with Crippen molar-refractivity contribution in [1.82, 2.24) is 0 Å². The number of hydrogen-bond acceptors (Lipinski definition) is 4. The molecule has 0 spiro atoms. The monoisotopic (exact) mass is 299 g/mol. The summed E-state index contributed by atoms with van der Waals surface area (Å²) in [6, 6.07) is 9.48. The summed E-state index contributed by atoms with van der Waals surface area (Å²) in [4.78, 5) is 11.9. The maximum Gasteiger partial charge on any atom is 0.262 e. The van der Waals surface area contributed by atoms with Gasteiger partial charge in [-0.1, -0.05) is 11.6 Å². The summed E-state index contributed by atoms with van der Waals surface area (Å²) in [7, 11) is 3.15. The van der Waals surface area contributed by atoms with Crippen molar-refractivity contribution in [3.63, 3.8) is 0 Å². The second-order valence-electron chi connectivity index (χ2n) is 5.09. The average Bonchev–Trinajstić information content (AvgIpc) is 2.51. The molecule has 1 amide bonds. The Morgan fingerprint density at radius 2 is 1.77 bits per heavy atom. The largest absolute Gasteiger partial charge is 0.493 e. The average molecular weight is 299 g/mol. The summed E-state index contributed by atoms with van der Waals surface area (Å²) >= 11 is 0. The van der Waals surface area contributed by atoms with Crippen LogP contribution in [-0.2, 0) is 4.79 Å². The van der Waals surface area contributed by atoms with Crippen LogP contribution in [0.4, 0.5) is 5.69 Å². The van der Waals surface area contributed by atoms with Crippen LogP contribution in [0, 0.1) is 6.92 Å². The molecular formula is C17H17NO4. The van der Waals surface area contributed by atoms with Gasteiger partial charge in [0.25, 0.3) is 5.91 Å². The van der Waals surface area contributed by atoms with Gasteiger partial charge in [-0.2, -0.15) is 0 Å². The predicted molar refractivity (Wildman–Crippen MR) is 83.8 cm³/mol. The van der Waals surface area contributed by atoms with Gasteiger partial charge in [0.15, 0.2) is 18.1 Å². The first-order chi connectivity index (χ1) is 10.6. The van der Waals surface area contributed by atoms with Crippen molar-refractivity contribution in [2.24, 2.45) is 0 Å². The molecular weight excluding hydrogens is 282 g/mol. The molecule has 3 rings (SSSR count). The molecule has 0 radical (unpaired) electrons. The van der Waals surface area contributed by atoms with Crippen LogP contribution in [-0.4, -0.2) is 26.7 Å². The molecule has 0 fully saturated rings. The van der Waals surface area contributed by atoms with Crippen molar-refractivity contribution in [3.05, 3.63) is 35.9 Å². The van der Waals surface area contributed by atoms with E-state index in [9.17, 15) is 4.79 Å². The summed E-state index contributed by atoms with van der Waals surface area (Å²) in [5.41, 5.74) is 3.54. The molecule has 1 N–H and O–H groups in total. The minimum absolute atomic E-state index is 0.0240. The van der Waals surface area contributed by atoms with E-state index in [-0.39, 0.29) is 12.5 Å². The lowest BCUT2D eigenvalue weighted by atomic mass is 9.99. The fourth-order valence-corrected chi connectivity index (χ4v) is 2.51. The summed E-state index contributed by atoms with van der Waals surface area (Å²) in [6.45, 7) is 1.99. The lowest BCUT2D eigenvalue weighted by Crippen LogP contribution is -2.22. The minimum Gasteiger partial charge on any atom is -0.493 e. The summed E-state index contributed by atoms with van der Waals surface area (Å²) in [6.07, 6.45) is 0. The summed E-state index contributed by atoms with van der Waals surface area (Å²) < 4.78 is 16.3. The maximum absolute atomic E-state index is 11.9. The highest BCUT2D eigenvalue weighted by Crippen LogP contribution is 2.43. The molecule has 2 aromatic rings. The third kappa shape index (κ3) is 2.45. The van der Waals surface area contributed by atoms with Gasteiger partial charge in [0.2, 0.25) is 0 Å². The quantitative estimate of drug-likeness (QED) is 0.926. The highest BCUT2D eigenvalue weighted by Gasteiger charge is 2.20. The van der Waals surface area contributed by atoms with Gasteiger partial charge in [0.1, 0.15) is 5.75 Å². The van der Waals surface area contributed by atoms with E-state index >= 15 is 0 Å². The smallest absolute Gasteiger partial charge is 0.262 e. The van der Waals surface area contributed by atoms with Crippen LogP contribution in [0.15, 0.2) is 30.3 Å². The zero-order valence-electron chi connectivity index (χ0n) is 12.7. The van der Waals surface area contributed by atoms with Gasteiger partial charge in [-0.3, -0.25) is 4.79 Å². The summed E-state index contributed by atoms with van der Waals surface area (Å²) in [5, 5.41) is 2.85. The topological polar surface area (TPSA) is 56.8 Å². The first-order valence-electron chi connectivity index (χ1n) is 6.92. The number of ether oxygens (including phenoxy) is 3. The van der Waals surface area contributed by atoms with Crippen LogP contribution in [0.3, 0.4) is 0 Å². The fourth-order valence-electron chi connectivity index (χ4n) is 2.51. The SMILES string of the molecule is COc1cc2c(cc1OC)-c1cc(C)ccc1OCC(=O)N2. The minimum atomic E-state index is -0.209. The molecule has 5 nitrogen and oxygen atoms in total. The van der Waals surface area contributed by atoms with Gasteiger partial charge in [-0.25, -0.2) is 0 Å². The summed E-state index contributed by atoms with van der Waals surface area (Å²) in [5.74, 6) is 1.63. The number of carbonyl (C=O) groups is 1. The van der Waals surface area contributed by atoms with E-state index in [1.54, 1.807) is 20.3 Å². The number of amides is 1. The number of nitrogens with one attached hydrogen (secondary N) is 1. The lowest BCUT2D eigenvalue weighted by Gasteiger charge is -2.21. The van der Waals surface area contributed by atoms with E-state index in [4.69, 9.17) is 14.2 Å². The molecule has 0 unspecified atom stereocenters. The van der Waals surface area contributed by atoms with Gasteiger partial charge < -0.3 is 19.5 Å². The number of rotatable bonds is 2. The molecule has 1 aliphatic rings. The fraction of sp³-hybridized carbons (Fsp3) is 0.235. The second kappa shape index (κ2) is 5.60. The van der Waals surface area contributed by atoms with Crippen molar-refractivity contribution in [2.75, 3.05) is 26.1 Å². The van der Waals surface area contributed by atoms with E-state index in [0.717, 1.165) is 16.7 Å². The molecule has 0 aromatic heterocycles. The van der Waals surface area contributed by atoms with Gasteiger partial charge in [-0.15, -0.1) is 0 Å². The number of methoxy groups -OCH3 is 2. The van der Waals surface area contributed by atoms with Gasteiger partial charge in [0.05, 0.1) is 19.9 Å². The zero-order valence-corrected chi connectivity index (χ0v) is 12.7. The first kappa shape index (κ1) is 14.3. The van der Waals surface area contributed by atoms with Gasteiger partial charge in [0, 0.05) is 17.2 Å². The molecule has 0 saturated carbocycles. The van der Waals surface area contributed by atoms with Crippen LogP contribution in [0.5, 0.6) is 17.2 Å². The van der Waals surface area contributed by atoms with Crippen LogP contribution < -0.4 is 19.5 Å². The molecule has 0 aliphatic carbocycles. The van der Waals surface area contributed by atoms with Crippen molar-refractivity contribution < 1.29 is 19.0 Å². The normalized spacial score (nSPS) is 13.0. The Bertz CT molecular complexity index is 740. The highest BCUT2D eigenvalue weighted by molar-refractivity contribution is 5.99. The Labute approximate surface area is 128 Å². The molecule has 0 atom stereocenters. The number of anilines is 1. The number of hydrogen-bond donors (Lipinski definition) is 1. The molecule has 0 saturated heterocycles. The molecule has 1 heterocycles. The van der Waals surface area contributed by atoms with Crippen molar-refractivity contribution in [3.8, 4) is 28.4 Å². The van der Waals surface area contributed by atoms with Crippen molar-refractivity contribution in [1.29, 1.82) is 0 Å². The molecule has 5 heteroatoms. The van der Waals surface area contributed by atoms with E-state index in [2.05, 4.69) is 5.32 Å². The number of fused-ring (bicyclic) bond motifs is 3. The first-order valence-corrected chi connectivity index (χ1v) is 6.92. The van der Waals surface area contributed by atoms with Gasteiger partial charge in [-0.05, 0) is 25.1 Å². The third-order valence-corrected chi connectivity index (χ3v) is 3.58. The highest BCUT2D eigenvalue weighted by atomic mass is 16.5. The predicted octanol–water partition coefficient (Wildman–Crippen LogP) is 3.01. The Hall–Kier alpha value is -2.69. The number of carbonyl (C=O) groups excluding carboxylic acids is 1. The number of aryl methyl sites for hydroxylation is 1. The van der Waals surface area contributed by atoms with Crippen LogP contribution in [0.2, 0.25) is 0 Å². The number of benzene rings is 2. The van der Waals surface area contributed by atoms with E-state index in [0.29, 0.717) is 22.9 Å². The lowest BCUT2D eigenvalue weighted by molar-refractivity contribution is -0.118. The molecule has 0 bridgehead atoms. The standard InChI is InChI=1S/C17H17NO4/c1-10-4-5-14-12(6-10)11-7-15(20-2)16(21-3)8-13(11)18-17(19)9-22-14/h4-8H,9H2,1-3H3,(H,18,19). The molecule has 2 aromatic carbocycles. The van der Waals surface area contributed by atoms with Crippen molar-refractivity contribution in [2.45, 2.75) is 6.92 Å². The maximum atomic E-state index is 11.9. The molecule has 1 aliphatic heterocycles. The van der Waals surface area contributed by atoms with Gasteiger partial charge >= 0.3 is 0 Å². The van der Waals surface area contributed by atoms with E-state index in [1.807, 2.05) is 31.2 Å². The van der Waals surface area contributed by atoms with E-state index < -0.39 is 0 Å². The molecule has 114 valence electrons. The Balaban J connectivity index is 2.27. The van der Waals surface area contributed by atoms with E-state index in [1.165, 1.54) is 0 Å². The van der Waals surface area contributed by atoms with Crippen molar-refractivity contribution >= 4 is 11.6 Å². The second-order valence-corrected chi connectivity index (χ2v) is 5.09. The van der Waals surface area contributed by atoms with Crippen LogP contribution in [0.25, 0.3) is 11.1 Å². The third-order valence-electron chi connectivity index (χ3n) is 3.58. The Kier molecular flexibility index (Phi) is 3.63. The zero-order chi connectivity index (χ0) is 15.7. The molecule has 22 heavy (non-hydrogen) atoms. The Morgan fingerprint density at radius 1 is 1.05 bits per heavy atom. The van der Waals surface area contributed by atoms with Crippen LogP contribution >= 0.6 is 0 Å². The van der Waals surface area contributed by atoms with Crippen LogP contribution in [0.1, 0.15) is 5.56 Å². The Morgan fingerprint density at radius 3 is 2.50 bits per heavy atom.